The first-order chi connectivity index (χ1) is 7.58. The van der Waals surface area contributed by atoms with Gasteiger partial charge in [-0.1, -0.05) is 20.3 Å². The van der Waals surface area contributed by atoms with Gasteiger partial charge in [-0.2, -0.15) is 0 Å². The molecule has 1 fully saturated rings. The van der Waals surface area contributed by atoms with E-state index in [1.807, 2.05) is 0 Å². The molecule has 1 rings (SSSR count). The van der Waals surface area contributed by atoms with E-state index in [0.29, 0.717) is 6.04 Å². The van der Waals surface area contributed by atoms with Crippen molar-refractivity contribution in [1.82, 2.24) is 4.90 Å². The van der Waals surface area contributed by atoms with E-state index in [1.54, 1.807) is 0 Å². The van der Waals surface area contributed by atoms with Crippen molar-refractivity contribution < 1.29 is 9.84 Å². The van der Waals surface area contributed by atoms with Crippen LogP contribution in [0.1, 0.15) is 47.0 Å². The van der Waals surface area contributed by atoms with Crippen molar-refractivity contribution >= 4 is 0 Å². The predicted octanol–water partition coefficient (Wildman–Crippen LogP) is 2.04. The van der Waals surface area contributed by atoms with Crippen molar-refractivity contribution in [3.63, 3.8) is 0 Å². The monoisotopic (exact) mass is 229 g/mol. The van der Waals surface area contributed by atoms with Crippen molar-refractivity contribution in [2.45, 2.75) is 71.3 Å². The van der Waals surface area contributed by atoms with E-state index in [-0.39, 0.29) is 18.3 Å². The van der Waals surface area contributed by atoms with Gasteiger partial charge in [0, 0.05) is 19.1 Å². The summed E-state index contributed by atoms with van der Waals surface area (Å²) in [5.41, 5.74) is 0. The van der Waals surface area contributed by atoms with Crippen LogP contribution in [0.5, 0.6) is 0 Å². The van der Waals surface area contributed by atoms with Crippen LogP contribution in [0.3, 0.4) is 0 Å². The number of rotatable bonds is 5. The SMILES string of the molecule is CCCC(O)C(CC)N1C[C@@H](C)O[C@@H](C)C1. The molecule has 3 nitrogen and oxygen atoms in total. The van der Waals surface area contributed by atoms with Crippen LogP contribution in [-0.2, 0) is 4.74 Å². The third-order valence-corrected chi connectivity index (χ3v) is 3.36. The molecule has 3 heteroatoms. The highest BCUT2D eigenvalue weighted by molar-refractivity contribution is 4.83. The zero-order valence-corrected chi connectivity index (χ0v) is 11.1. The van der Waals surface area contributed by atoms with Crippen molar-refractivity contribution in [3.8, 4) is 0 Å². The predicted molar refractivity (Wildman–Crippen MR) is 66.6 cm³/mol. The second kappa shape index (κ2) is 6.58. The number of hydrogen-bond donors (Lipinski definition) is 1. The Morgan fingerprint density at radius 1 is 1.25 bits per heavy atom. The van der Waals surface area contributed by atoms with E-state index in [9.17, 15) is 5.11 Å². The summed E-state index contributed by atoms with van der Waals surface area (Å²) in [5.74, 6) is 0. The lowest BCUT2D eigenvalue weighted by Crippen LogP contribution is -2.53. The molecule has 1 aliphatic heterocycles. The van der Waals surface area contributed by atoms with Crippen LogP contribution in [0, 0.1) is 0 Å². The van der Waals surface area contributed by atoms with Crippen molar-refractivity contribution in [2.24, 2.45) is 0 Å². The first-order valence-electron chi connectivity index (χ1n) is 6.66. The highest BCUT2D eigenvalue weighted by atomic mass is 16.5. The maximum Gasteiger partial charge on any atom is 0.0695 e. The van der Waals surface area contributed by atoms with Crippen molar-refractivity contribution in [2.75, 3.05) is 13.1 Å². The summed E-state index contributed by atoms with van der Waals surface area (Å²) in [6, 6.07) is 0.300. The summed E-state index contributed by atoms with van der Waals surface area (Å²) in [6.45, 7) is 10.4. The molecule has 1 heterocycles. The summed E-state index contributed by atoms with van der Waals surface area (Å²) < 4.78 is 5.73. The van der Waals surface area contributed by atoms with Crippen LogP contribution in [0.4, 0.5) is 0 Å². The highest BCUT2D eigenvalue weighted by Crippen LogP contribution is 2.19. The van der Waals surface area contributed by atoms with Gasteiger partial charge in [0.15, 0.2) is 0 Å². The van der Waals surface area contributed by atoms with Gasteiger partial charge in [-0.3, -0.25) is 4.90 Å². The van der Waals surface area contributed by atoms with Gasteiger partial charge in [0.25, 0.3) is 0 Å². The number of aliphatic hydroxyl groups excluding tert-OH is 1. The van der Waals surface area contributed by atoms with Crippen LogP contribution in [0.25, 0.3) is 0 Å². The van der Waals surface area contributed by atoms with Gasteiger partial charge >= 0.3 is 0 Å². The van der Waals surface area contributed by atoms with Crippen LogP contribution in [0.15, 0.2) is 0 Å². The zero-order valence-electron chi connectivity index (χ0n) is 11.1. The molecule has 1 aliphatic rings. The molecule has 0 aliphatic carbocycles. The molecular formula is C13H27NO2. The van der Waals surface area contributed by atoms with E-state index in [1.165, 1.54) is 0 Å². The van der Waals surface area contributed by atoms with Gasteiger partial charge in [-0.25, -0.2) is 0 Å². The maximum atomic E-state index is 10.2. The molecule has 96 valence electrons. The van der Waals surface area contributed by atoms with Gasteiger partial charge in [-0.15, -0.1) is 0 Å². The summed E-state index contributed by atoms with van der Waals surface area (Å²) in [5, 5.41) is 10.2. The summed E-state index contributed by atoms with van der Waals surface area (Å²) in [6.07, 6.45) is 3.34. The standard InChI is InChI=1S/C13H27NO2/c1-5-7-13(15)12(6-2)14-8-10(3)16-11(4)9-14/h10-13,15H,5-9H2,1-4H3/t10-,11+,12?,13?. The van der Waals surface area contributed by atoms with E-state index < -0.39 is 0 Å². The molecule has 1 saturated heterocycles. The van der Waals surface area contributed by atoms with Gasteiger partial charge in [0.1, 0.15) is 0 Å². The fraction of sp³-hybridized carbons (Fsp3) is 1.00. The molecule has 0 saturated carbocycles. The Balaban J connectivity index is 2.57. The Bertz CT molecular complexity index is 188. The van der Waals surface area contributed by atoms with Crippen molar-refractivity contribution in [1.29, 1.82) is 0 Å². The molecule has 0 aromatic rings. The van der Waals surface area contributed by atoms with E-state index in [4.69, 9.17) is 4.74 Å². The zero-order chi connectivity index (χ0) is 12.1. The van der Waals surface area contributed by atoms with Crippen LogP contribution < -0.4 is 0 Å². The lowest BCUT2D eigenvalue weighted by Gasteiger charge is -2.41. The van der Waals surface area contributed by atoms with E-state index in [0.717, 1.165) is 32.4 Å². The number of morpholine rings is 1. The average Bonchev–Trinajstić information content (AvgIpc) is 2.17. The topological polar surface area (TPSA) is 32.7 Å². The second-order valence-electron chi connectivity index (χ2n) is 5.04. The minimum Gasteiger partial charge on any atom is -0.391 e. The number of hydrogen-bond acceptors (Lipinski definition) is 3. The minimum absolute atomic E-state index is 0.188. The molecule has 2 unspecified atom stereocenters. The molecule has 0 spiro atoms. The molecule has 4 atom stereocenters. The van der Waals surface area contributed by atoms with Crippen LogP contribution in [-0.4, -0.2) is 47.4 Å². The second-order valence-corrected chi connectivity index (χ2v) is 5.04. The smallest absolute Gasteiger partial charge is 0.0695 e. The molecule has 0 radical (unpaired) electrons. The largest absolute Gasteiger partial charge is 0.391 e. The molecule has 0 amide bonds. The first kappa shape index (κ1) is 13.9. The maximum absolute atomic E-state index is 10.2. The fourth-order valence-corrected chi connectivity index (χ4v) is 2.75. The molecular weight excluding hydrogens is 202 g/mol. The third kappa shape index (κ3) is 3.72. The summed E-state index contributed by atoms with van der Waals surface area (Å²) in [7, 11) is 0. The lowest BCUT2D eigenvalue weighted by molar-refractivity contribution is -0.0968. The molecule has 0 aromatic heterocycles. The number of nitrogens with zero attached hydrogens (tertiary/aromatic N) is 1. The summed E-state index contributed by atoms with van der Waals surface area (Å²) >= 11 is 0. The van der Waals surface area contributed by atoms with Gasteiger partial charge in [0.2, 0.25) is 0 Å². The highest BCUT2D eigenvalue weighted by Gasteiger charge is 2.30. The average molecular weight is 229 g/mol. The Kier molecular flexibility index (Phi) is 5.73. The summed E-state index contributed by atoms with van der Waals surface area (Å²) in [4.78, 5) is 2.40. The molecule has 16 heavy (non-hydrogen) atoms. The van der Waals surface area contributed by atoms with E-state index >= 15 is 0 Å². The van der Waals surface area contributed by atoms with Gasteiger partial charge in [0.05, 0.1) is 18.3 Å². The molecule has 1 N–H and O–H groups in total. The Labute approximate surface area is 99.8 Å². The van der Waals surface area contributed by atoms with Gasteiger partial charge < -0.3 is 9.84 Å². The minimum atomic E-state index is -0.188. The van der Waals surface area contributed by atoms with Crippen molar-refractivity contribution in [3.05, 3.63) is 0 Å². The van der Waals surface area contributed by atoms with E-state index in [2.05, 4.69) is 32.6 Å². The third-order valence-electron chi connectivity index (χ3n) is 3.36. The molecule has 0 aromatic carbocycles. The van der Waals surface area contributed by atoms with Gasteiger partial charge in [-0.05, 0) is 26.7 Å². The normalized spacial score (nSPS) is 31.3. The van der Waals surface area contributed by atoms with Crippen LogP contribution >= 0.6 is 0 Å². The first-order valence-corrected chi connectivity index (χ1v) is 6.66. The number of aliphatic hydroxyl groups is 1. The Morgan fingerprint density at radius 2 is 1.81 bits per heavy atom. The Morgan fingerprint density at radius 3 is 2.25 bits per heavy atom. The quantitative estimate of drug-likeness (QED) is 0.783. The molecule has 0 bridgehead atoms. The fourth-order valence-electron chi connectivity index (χ4n) is 2.75. The van der Waals surface area contributed by atoms with Crippen LogP contribution in [0.2, 0.25) is 0 Å². The Hall–Kier alpha value is -0.120. The number of ether oxygens (including phenoxy) is 1. The lowest BCUT2D eigenvalue weighted by atomic mass is 10.0.